The van der Waals surface area contributed by atoms with Gasteiger partial charge < -0.3 is 23.8 Å². The second-order valence-electron chi connectivity index (χ2n) is 7.04. The Kier molecular flexibility index (Phi) is 7.06. The van der Waals surface area contributed by atoms with Gasteiger partial charge in [-0.1, -0.05) is 0 Å². The summed E-state index contributed by atoms with van der Waals surface area (Å²) in [6, 6.07) is 10.4. The lowest BCUT2D eigenvalue weighted by atomic mass is 10.1. The van der Waals surface area contributed by atoms with Crippen LogP contribution in [-0.4, -0.2) is 67.3 Å². The standard InChI is InChI=1S/C21H28N2O6S/c1-26-17-5-7-18(8-6-17)30(24,25)23-11-9-22(10-12-23)15-16-13-19(27-2)21(29-4)20(14-16)28-3/h5-8,13-14H,9-12,15H2,1-4H3/p+1. The molecule has 0 aromatic heterocycles. The highest BCUT2D eigenvalue weighted by Crippen LogP contribution is 2.38. The molecule has 9 heteroatoms. The molecule has 0 saturated carbocycles. The van der Waals surface area contributed by atoms with E-state index in [1.54, 1.807) is 57.0 Å². The summed E-state index contributed by atoms with van der Waals surface area (Å²) in [7, 11) is 2.81. The van der Waals surface area contributed by atoms with E-state index in [-0.39, 0.29) is 4.90 Å². The normalized spacial score (nSPS) is 15.6. The van der Waals surface area contributed by atoms with Crippen molar-refractivity contribution in [2.24, 2.45) is 0 Å². The number of methoxy groups -OCH3 is 4. The first kappa shape index (κ1) is 22.2. The molecular formula is C21H29N2O6S+. The van der Waals surface area contributed by atoms with Crippen molar-refractivity contribution in [2.75, 3.05) is 54.6 Å². The van der Waals surface area contributed by atoms with Gasteiger partial charge in [-0.3, -0.25) is 0 Å². The van der Waals surface area contributed by atoms with Gasteiger partial charge in [-0.05, 0) is 36.4 Å². The Bertz CT molecular complexity index is 929. The topological polar surface area (TPSA) is 78.7 Å². The van der Waals surface area contributed by atoms with Crippen LogP contribution >= 0.6 is 0 Å². The highest BCUT2D eigenvalue weighted by Gasteiger charge is 2.30. The number of piperazine rings is 1. The average molecular weight is 438 g/mol. The summed E-state index contributed by atoms with van der Waals surface area (Å²) in [4.78, 5) is 1.59. The number of nitrogens with zero attached hydrogens (tertiary/aromatic N) is 1. The third-order valence-electron chi connectivity index (χ3n) is 5.31. The van der Waals surface area contributed by atoms with Gasteiger partial charge >= 0.3 is 0 Å². The maximum absolute atomic E-state index is 12.9. The summed E-state index contributed by atoms with van der Waals surface area (Å²) in [6.07, 6.45) is 0. The Hall–Kier alpha value is -2.49. The number of hydrogen-bond donors (Lipinski definition) is 1. The van der Waals surface area contributed by atoms with Crippen LogP contribution in [0.15, 0.2) is 41.3 Å². The second-order valence-corrected chi connectivity index (χ2v) is 8.98. The van der Waals surface area contributed by atoms with Crippen LogP contribution in [0.25, 0.3) is 0 Å². The van der Waals surface area contributed by atoms with Gasteiger partial charge in [-0.15, -0.1) is 0 Å². The zero-order chi connectivity index (χ0) is 21.7. The minimum Gasteiger partial charge on any atom is -0.497 e. The zero-order valence-corrected chi connectivity index (χ0v) is 18.6. The quantitative estimate of drug-likeness (QED) is 0.659. The van der Waals surface area contributed by atoms with E-state index < -0.39 is 10.0 Å². The molecule has 0 spiro atoms. The molecule has 8 nitrogen and oxygen atoms in total. The molecule has 1 fully saturated rings. The van der Waals surface area contributed by atoms with E-state index in [0.717, 1.165) is 12.1 Å². The van der Waals surface area contributed by atoms with E-state index in [9.17, 15) is 8.42 Å². The van der Waals surface area contributed by atoms with Crippen LogP contribution in [-0.2, 0) is 16.6 Å². The first-order valence-corrected chi connectivity index (χ1v) is 11.1. The van der Waals surface area contributed by atoms with E-state index in [2.05, 4.69) is 0 Å². The lowest BCUT2D eigenvalue weighted by Gasteiger charge is -2.31. The van der Waals surface area contributed by atoms with Crippen LogP contribution in [0.3, 0.4) is 0 Å². The number of quaternary nitrogens is 1. The second kappa shape index (κ2) is 9.55. The largest absolute Gasteiger partial charge is 0.497 e. The Morgan fingerprint density at radius 2 is 1.43 bits per heavy atom. The maximum atomic E-state index is 12.9. The molecule has 164 valence electrons. The van der Waals surface area contributed by atoms with Gasteiger partial charge in [-0.2, -0.15) is 4.31 Å². The Morgan fingerprint density at radius 3 is 1.90 bits per heavy atom. The number of nitrogens with one attached hydrogen (secondary N) is 1. The van der Waals surface area contributed by atoms with Crippen LogP contribution in [0.4, 0.5) is 0 Å². The molecule has 1 heterocycles. The van der Waals surface area contributed by atoms with E-state index in [1.165, 1.54) is 4.90 Å². The van der Waals surface area contributed by atoms with E-state index in [1.807, 2.05) is 12.1 Å². The molecule has 0 aliphatic carbocycles. The first-order valence-electron chi connectivity index (χ1n) is 9.69. The van der Waals surface area contributed by atoms with Crippen LogP contribution < -0.4 is 23.8 Å². The minimum atomic E-state index is -3.51. The van der Waals surface area contributed by atoms with Crippen LogP contribution in [0.5, 0.6) is 23.0 Å². The molecule has 0 amide bonds. The molecular weight excluding hydrogens is 408 g/mol. The van der Waals surface area contributed by atoms with Crippen molar-refractivity contribution in [3.05, 3.63) is 42.0 Å². The molecule has 0 bridgehead atoms. The number of benzene rings is 2. The van der Waals surface area contributed by atoms with Gasteiger partial charge in [-0.25, -0.2) is 8.42 Å². The lowest BCUT2D eigenvalue weighted by Crippen LogP contribution is -3.13. The van der Waals surface area contributed by atoms with Crippen molar-refractivity contribution in [1.82, 2.24) is 4.31 Å². The zero-order valence-electron chi connectivity index (χ0n) is 17.8. The molecule has 0 radical (unpaired) electrons. The molecule has 0 atom stereocenters. The van der Waals surface area contributed by atoms with E-state index >= 15 is 0 Å². The third-order valence-corrected chi connectivity index (χ3v) is 7.22. The Balaban J connectivity index is 1.67. The molecule has 30 heavy (non-hydrogen) atoms. The number of ether oxygens (including phenoxy) is 4. The molecule has 3 rings (SSSR count). The smallest absolute Gasteiger partial charge is 0.243 e. The SMILES string of the molecule is COc1ccc(S(=O)(=O)N2CC[NH+](Cc3cc(OC)c(OC)c(OC)c3)CC2)cc1. The first-order chi connectivity index (χ1) is 14.4. The third kappa shape index (κ3) is 4.63. The lowest BCUT2D eigenvalue weighted by molar-refractivity contribution is -0.917. The summed E-state index contributed by atoms with van der Waals surface area (Å²) in [6.45, 7) is 3.10. The highest BCUT2D eigenvalue weighted by atomic mass is 32.2. The van der Waals surface area contributed by atoms with Crippen LogP contribution in [0.2, 0.25) is 0 Å². The van der Waals surface area contributed by atoms with Crippen molar-refractivity contribution in [3.8, 4) is 23.0 Å². The predicted octanol–water partition coefficient (Wildman–Crippen LogP) is 0.810. The number of hydrogen-bond acceptors (Lipinski definition) is 6. The van der Waals surface area contributed by atoms with E-state index in [0.29, 0.717) is 49.2 Å². The maximum Gasteiger partial charge on any atom is 0.243 e. The van der Waals surface area contributed by atoms with Gasteiger partial charge in [0.25, 0.3) is 0 Å². The number of rotatable bonds is 8. The monoisotopic (exact) mass is 437 g/mol. The van der Waals surface area contributed by atoms with Gasteiger partial charge in [0, 0.05) is 5.56 Å². The predicted molar refractivity (Wildman–Crippen MR) is 112 cm³/mol. The van der Waals surface area contributed by atoms with Crippen LogP contribution in [0.1, 0.15) is 5.56 Å². The number of sulfonamides is 1. The van der Waals surface area contributed by atoms with Crippen molar-refractivity contribution < 1.29 is 32.3 Å². The summed E-state index contributed by atoms with van der Waals surface area (Å²) >= 11 is 0. The van der Waals surface area contributed by atoms with Gasteiger partial charge in [0.05, 0.1) is 59.5 Å². The van der Waals surface area contributed by atoms with Gasteiger partial charge in [0.2, 0.25) is 15.8 Å². The fourth-order valence-corrected chi connectivity index (χ4v) is 5.08. The molecule has 0 unspecified atom stereocenters. The van der Waals surface area contributed by atoms with Gasteiger partial charge in [0.15, 0.2) is 11.5 Å². The van der Waals surface area contributed by atoms with Crippen molar-refractivity contribution >= 4 is 10.0 Å². The Morgan fingerprint density at radius 1 is 0.867 bits per heavy atom. The molecule has 1 aliphatic rings. The summed E-state index contributed by atoms with van der Waals surface area (Å²) < 4.78 is 48.7. The molecule has 2 aromatic rings. The molecule has 2 aromatic carbocycles. The average Bonchev–Trinajstić information content (AvgIpc) is 2.78. The van der Waals surface area contributed by atoms with E-state index in [4.69, 9.17) is 18.9 Å². The van der Waals surface area contributed by atoms with Crippen molar-refractivity contribution in [3.63, 3.8) is 0 Å². The van der Waals surface area contributed by atoms with Gasteiger partial charge in [0.1, 0.15) is 12.3 Å². The van der Waals surface area contributed by atoms with Crippen molar-refractivity contribution in [2.45, 2.75) is 11.4 Å². The molecule has 1 N–H and O–H groups in total. The highest BCUT2D eigenvalue weighted by molar-refractivity contribution is 7.89. The fourth-order valence-electron chi connectivity index (χ4n) is 3.64. The fraction of sp³-hybridized carbons (Fsp3) is 0.429. The van der Waals surface area contributed by atoms with Crippen molar-refractivity contribution in [1.29, 1.82) is 0 Å². The molecule has 1 aliphatic heterocycles. The summed E-state index contributed by atoms with van der Waals surface area (Å²) in [5.41, 5.74) is 1.05. The molecule has 1 saturated heterocycles. The summed E-state index contributed by atoms with van der Waals surface area (Å²) in [5, 5.41) is 0. The van der Waals surface area contributed by atoms with Crippen LogP contribution in [0, 0.1) is 0 Å². The minimum absolute atomic E-state index is 0.288. The Labute approximate surface area is 178 Å². The summed E-state index contributed by atoms with van der Waals surface area (Å²) in [5.74, 6) is 2.43.